The van der Waals surface area contributed by atoms with Gasteiger partial charge in [-0.15, -0.1) is 0 Å². The lowest BCUT2D eigenvalue weighted by atomic mass is 9.98. The van der Waals surface area contributed by atoms with Crippen LogP contribution in [-0.4, -0.2) is 19.5 Å². The molecule has 0 saturated heterocycles. The lowest BCUT2D eigenvalue weighted by Gasteiger charge is -2.11. The first kappa shape index (κ1) is 9.00. The molecule has 0 bridgehead atoms. The monoisotopic (exact) mass is 166 g/mol. The SMILES string of the molecule is CNC(=O)C1=CC=C(CN)CC1. The van der Waals surface area contributed by atoms with E-state index in [0.717, 1.165) is 18.4 Å². The van der Waals surface area contributed by atoms with Gasteiger partial charge in [-0.3, -0.25) is 4.79 Å². The number of hydrogen-bond donors (Lipinski definition) is 2. The summed E-state index contributed by atoms with van der Waals surface area (Å²) in [6, 6.07) is 0. The normalized spacial score (nSPS) is 16.5. The van der Waals surface area contributed by atoms with Gasteiger partial charge in [-0.2, -0.15) is 0 Å². The van der Waals surface area contributed by atoms with E-state index >= 15 is 0 Å². The second-order valence-electron chi connectivity index (χ2n) is 2.80. The molecule has 3 heteroatoms. The predicted molar refractivity (Wildman–Crippen MR) is 48.5 cm³/mol. The molecule has 0 aromatic rings. The molecular formula is C9H14N2O. The summed E-state index contributed by atoms with van der Waals surface area (Å²) in [5, 5.41) is 2.60. The summed E-state index contributed by atoms with van der Waals surface area (Å²) in [6.07, 6.45) is 5.51. The number of nitrogens with one attached hydrogen (secondary N) is 1. The summed E-state index contributed by atoms with van der Waals surface area (Å²) in [5.74, 6) is 0.0160. The summed E-state index contributed by atoms with van der Waals surface area (Å²) in [6.45, 7) is 0.595. The Labute approximate surface area is 72.3 Å². The van der Waals surface area contributed by atoms with E-state index in [2.05, 4.69) is 5.32 Å². The van der Waals surface area contributed by atoms with E-state index in [1.54, 1.807) is 7.05 Å². The number of rotatable bonds is 2. The van der Waals surface area contributed by atoms with Crippen LogP contribution in [0.4, 0.5) is 0 Å². The van der Waals surface area contributed by atoms with Crippen molar-refractivity contribution < 1.29 is 4.79 Å². The molecular weight excluding hydrogens is 152 g/mol. The second-order valence-corrected chi connectivity index (χ2v) is 2.80. The highest BCUT2D eigenvalue weighted by atomic mass is 16.1. The van der Waals surface area contributed by atoms with E-state index in [1.165, 1.54) is 5.57 Å². The summed E-state index contributed by atoms with van der Waals surface area (Å²) < 4.78 is 0. The quantitative estimate of drug-likeness (QED) is 0.621. The van der Waals surface area contributed by atoms with E-state index in [1.807, 2.05) is 12.2 Å². The van der Waals surface area contributed by atoms with E-state index in [-0.39, 0.29) is 5.91 Å². The highest BCUT2D eigenvalue weighted by Crippen LogP contribution is 2.16. The summed E-state index contributed by atoms with van der Waals surface area (Å²) in [5.41, 5.74) is 7.51. The van der Waals surface area contributed by atoms with Crippen LogP contribution < -0.4 is 11.1 Å². The fraction of sp³-hybridized carbons (Fsp3) is 0.444. The van der Waals surface area contributed by atoms with Crippen LogP contribution >= 0.6 is 0 Å². The molecule has 3 nitrogen and oxygen atoms in total. The van der Waals surface area contributed by atoms with Crippen LogP contribution in [0, 0.1) is 0 Å². The molecule has 66 valence electrons. The third-order valence-electron chi connectivity index (χ3n) is 2.02. The van der Waals surface area contributed by atoms with Gasteiger partial charge >= 0.3 is 0 Å². The van der Waals surface area contributed by atoms with Gasteiger partial charge in [0, 0.05) is 19.2 Å². The Kier molecular flexibility index (Phi) is 3.05. The Morgan fingerprint density at radius 1 is 1.58 bits per heavy atom. The Morgan fingerprint density at radius 2 is 2.33 bits per heavy atom. The van der Waals surface area contributed by atoms with Crippen LogP contribution in [0.2, 0.25) is 0 Å². The zero-order valence-corrected chi connectivity index (χ0v) is 7.26. The summed E-state index contributed by atoms with van der Waals surface area (Å²) in [7, 11) is 1.64. The van der Waals surface area contributed by atoms with Gasteiger partial charge in [0.05, 0.1) is 0 Å². The van der Waals surface area contributed by atoms with E-state index in [0.29, 0.717) is 6.54 Å². The fourth-order valence-corrected chi connectivity index (χ4v) is 1.20. The van der Waals surface area contributed by atoms with E-state index in [9.17, 15) is 4.79 Å². The Hall–Kier alpha value is -1.09. The fourth-order valence-electron chi connectivity index (χ4n) is 1.20. The lowest BCUT2D eigenvalue weighted by molar-refractivity contribution is -0.117. The Morgan fingerprint density at radius 3 is 2.75 bits per heavy atom. The molecule has 1 rings (SSSR count). The maximum atomic E-state index is 11.1. The van der Waals surface area contributed by atoms with Crippen LogP contribution in [0.15, 0.2) is 23.3 Å². The first-order valence-electron chi connectivity index (χ1n) is 4.08. The number of amides is 1. The van der Waals surface area contributed by atoms with Gasteiger partial charge in [0.2, 0.25) is 5.91 Å². The summed E-state index contributed by atoms with van der Waals surface area (Å²) >= 11 is 0. The number of carbonyl (C=O) groups excluding carboxylic acids is 1. The third kappa shape index (κ3) is 1.95. The van der Waals surface area contributed by atoms with Crippen molar-refractivity contribution in [2.45, 2.75) is 12.8 Å². The molecule has 0 aromatic carbocycles. The maximum Gasteiger partial charge on any atom is 0.246 e. The van der Waals surface area contributed by atoms with E-state index in [4.69, 9.17) is 5.73 Å². The molecule has 0 radical (unpaired) electrons. The lowest BCUT2D eigenvalue weighted by Crippen LogP contribution is -2.21. The molecule has 0 fully saturated rings. The van der Waals surface area contributed by atoms with Crippen LogP contribution in [-0.2, 0) is 4.79 Å². The zero-order valence-electron chi connectivity index (χ0n) is 7.26. The maximum absolute atomic E-state index is 11.1. The summed E-state index contributed by atoms with van der Waals surface area (Å²) in [4.78, 5) is 11.1. The number of allylic oxidation sites excluding steroid dienone is 2. The van der Waals surface area contributed by atoms with Crippen molar-refractivity contribution >= 4 is 5.91 Å². The minimum atomic E-state index is 0.0160. The van der Waals surface area contributed by atoms with Gasteiger partial charge in [-0.25, -0.2) is 0 Å². The highest BCUT2D eigenvalue weighted by molar-refractivity contribution is 5.93. The van der Waals surface area contributed by atoms with Crippen LogP contribution in [0.1, 0.15) is 12.8 Å². The van der Waals surface area contributed by atoms with Crippen molar-refractivity contribution in [3.8, 4) is 0 Å². The molecule has 0 aromatic heterocycles. The van der Waals surface area contributed by atoms with E-state index < -0.39 is 0 Å². The van der Waals surface area contributed by atoms with Gasteiger partial charge in [-0.05, 0) is 12.8 Å². The molecule has 1 amide bonds. The van der Waals surface area contributed by atoms with Crippen LogP contribution in [0.5, 0.6) is 0 Å². The van der Waals surface area contributed by atoms with Gasteiger partial charge in [0.15, 0.2) is 0 Å². The van der Waals surface area contributed by atoms with Gasteiger partial charge < -0.3 is 11.1 Å². The number of carbonyl (C=O) groups is 1. The number of hydrogen-bond acceptors (Lipinski definition) is 2. The smallest absolute Gasteiger partial charge is 0.246 e. The molecule has 0 unspecified atom stereocenters. The molecule has 1 aliphatic carbocycles. The first-order valence-corrected chi connectivity index (χ1v) is 4.08. The molecule has 0 saturated carbocycles. The van der Waals surface area contributed by atoms with Crippen molar-refractivity contribution in [1.29, 1.82) is 0 Å². The predicted octanol–water partition coefficient (Wildman–Crippen LogP) is 0.338. The first-order chi connectivity index (χ1) is 5.77. The van der Waals surface area contributed by atoms with Gasteiger partial charge in [0.1, 0.15) is 0 Å². The molecule has 3 N–H and O–H groups in total. The van der Waals surface area contributed by atoms with Gasteiger partial charge in [-0.1, -0.05) is 17.7 Å². The average Bonchev–Trinajstić information content (AvgIpc) is 2.17. The second kappa shape index (κ2) is 4.07. The van der Waals surface area contributed by atoms with Crippen molar-refractivity contribution in [2.75, 3.05) is 13.6 Å². The molecule has 0 atom stereocenters. The minimum Gasteiger partial charge on any atom is -0.355 e. The largest absolute Gasteiger partial charge is 0.355 e. The van der Waals surface area contributed by atoms with Crippen molar-refractivity contribution in [1.82, 2.24) is 5.32 Å². The highest BCUT2D eigenvalue weighted by Gasteiger charge is 2.10. The third-order valence-corrected chi connectivity index (χ3v) is 2.02. The standard InChI is InChI=1S/C9H14N2O/c1-11-9(12)8-4-2-7(6-10)3-5-8/h2,4H,3,5-6,10H2,1H3,(H,11,12). The molecule has 0 aliphatic heterocycles. The van der Waals surface area contributed by atoms with Crippen molar-refractivity contribution in [3.63, 3.8) is 0 Å². The Balaban J connectivity index is 2.66. The molecule has 0 spiro atoms. The van der Waals surface area contributed by atoms with Crippen LogP contribution in [0.25, 0.3) is 0 Å². The zero-order chi connectivity index (χ0) is 8.97. The Bertz CT molecular complexity index is 241. The van der Waals surface area contributed by atoms with Crippen molar-refractivity contribution in [2.24, 2.45) is 5.73 Å². The molecule has 0 heterocycles. The van der Waals surface area contributed by atoms with Crippen LogP contribution in [0.3, 0.4) is 0 Å². The number of nitrogens with two attached hydrogens (primary N) is 1. The topological polar surface area (TPSA) is 55.1 Å². The molecule has 12 heavy (non-hydrogen) atoms. The average molecular weight is 166 g/mol. The minimum absolute atomic E-state index is 0.0160. The van der Waals surface area contributed by atoms with Gasteiger partial charge in [0.25, 0.3) is 0 Å². The number of likely N-dealkylation sites (N-methyl/N-ethyl adjacent to an activating group) is 1. The molecule has 1 aliphatic rings. The van der Waals surface area contributed by atoms with Crippen molar-refractivity contribution in [3.05, 3.63) is 23.3 Å².